The second-order valence-electron chi connectivity index (χ2n) is 12.3. The lowest BCUT2D eigenvalue weighted by atomic mass is 9.95. The number of benzene rings is 1. The standard InChI is InChI=1S/C29H30ClF5N6O2/c1-14-10-16(36)37-22(19(14)29(33,34)35)17-20(30)24-18-23(21(17)32)38-26(39-25(18)40(2)9-7-28(43-24)5-6-28)42-13-27-4-3-8-41(27)12-15(31)11-27/h10,15H,3-9,11-13H2,1-2H3,(H2,36,37)/t15-,27+/m1/s1. The number of anilines is 2. The lowest BCUT2D eigenvalue weighted by molar-refractivity contribution is -0.137. The molecule has 7 rings (SSSR count). The second kappa shape index (κ2) is 9.65. The van der Waals surface area contributed by atoms with Crippen LogP contribution in [0.2, 0.25) is 5.02 Å². The Bertz CT molecular complexity index is 1650. The van der Waals surface area contributed by atoms with E-state index in [1.54, 1.807) is 7.05 Å². The summed E-state index contributed by atoms with van der Waals surface area (Å²) in [7, 11) is 1.78. The van der Waals surface area contributed by atoms with Crippen LogP contribution in [0.25, 0.3) is 22.2 Å². The molecule has 1 aliphatic carbocycles. The average molecular weight is 625 g/mol. The first-order valence-electron chi connectivity index (χ1n) is 14.3. The molecule has 1 aromatic carbocycles. The largest absolute Gasteiger partial charge is 0.485 e. The van der Waals surface area contributed by atoms with Crippen molar-refractivity contribution in [2.24, 2.45) is 0 Å². The smallest absolute Gasteiger partial charge is 0.418 e. The molecular weight excluding hydrogens is 595 g/mol. The maximum atomic E-state index is 16.7. The lowest BCUT2D eigenvalue weighted by Gasteiger charge is -2.32. The summed E-state index contributed by atoms with van der Waals surface area (Å²) in [6.45, 7) is 2.91. The van der Waals surface area contributed by atoms with E-state index in [2.05, 4.69) is 19.9 Å². The van der Waals surface area contributed by atoms with Crippen molar-refractivity contribution in [3.63, 3.8) is 0 Å². The van der Waals surface area contributed by atoms with Gasteiger partial charge in [0.15, 0.2) is 11.6 Å². The first-order chi connectivity index (χ1) is 20.3. The molecule has 3 fully saturated rings. The van der Waals surface area contributed by atoms with E-state index >= 15 is 4.39 Å². The molecule has 1 saturated carbocycles. The van der Waals surface area contributed by atoms with E-state index in [4.69, 9.17) is 26.8 Å². The summed E-state index contributed by atoms with van der Waals surface area (Å²) in [6.07, 6.45) is -1.91. The molecule has 0 unspecified atom stereocenters. The number of aryl methyl sites for hydroxylation is 1. The molecule has 230 valence electrons. The quantitative estimate of drug-likeness (QED) is 0.349. The average Bonchev–Trinajstić information content (AvgIpc) is 3.48. The molecule has 2 aromatic heterocycles. The van der Waals surface area contributed by atoms with Gasteiger partial charge < -0.3 is 20.1 Å². The molecule has 5 heterocycles. The van der Waals surface area contributed by atoms with Crippen molar-refractivity contribution < 1.29 is 31.4 Å². The summed E-state index contributed by atoms with van der Waals surface area (Å²) < 4.78 is 86.6. The number of nitrogens with zero attached hydrogens (tertiary/aromatic N) is 5. The molecule has 43 heavy (non-hydrogen) atoms. The summed E-state index contributed by atoms with van der Waals surface area (Å²) in [5.41, 5.74) is 1.68. The van der Waals surface area contributed by atoms with Crippen molar-refractivity contribution in [1.29, 1.82) is 0 Å². The molecule has 0 bridgehead atoms. The van der Waals surface area contributed by atoms with Crippen molar-refractivity contribution in [1.82, 2.24) is 19.9 Å². The van der Waals surface area contributed by atoms with E-state index in [0.717, 1.165) is 25.5 Å². The van der Waals surface area contributed by atoms with Crippen molar-refractivity contribution in [2.75, 3.05) is 43.9 Å². The Balaban J connectivity index is 1.45. The Labute approximate surface area is 249 Å². The highest BCUT2D eigenvalue weighted by atomic mass is 35.5. The summed E-state index contributed by atoms with van der Waals surface area (Å²) in [6, 6.07) is 0.900. The zero-order chi connectivity index (χ0) is 30.5. The summed E-state index contributed by atoms with van der Waals surface area (Å²) in [5, 5.41) is -0.236. The number of nitrogens with two attached hydrogens (primary N) is 1. The van der Waals surface area contributed by atoms with Gasteiger partial charge in [-0.2, -0.15) is 23.1 Å². The predicted octanol–water partition coefficient (Wildman–Crippen LogP) is 6.10. The maximum absolute atomic E-state index is 16.7. The highest BCUT2D eigenvalue weighted by Gasteiger charge is 2.50. The van der Waals surface area contributed by atoms with Crippen LogP contribution in [0.3, 0.4) is 0 Å². The third kappa shape index (κ3) is 4.61. The van der Waals surface area contributed by atoms with Crippen LogP contribution in [0.4, 0.5) is 33.6 Å². The molecule has 2 N–H and O–H groups in total. The lowest BCUT2D eigenvalue weighted by Crippen LogP contribution is -2.43. The van der Waals surface area contributed by atoms with E-state index in [9.17, 15) is 17.6 Å². The molecule has 1 spiro atoms. The van der Waals surface area contributed by atoms with Gasteiger partial charge in [-0.3, -0.25) is 4.90 Å². The SMILES string of the molecule is Cc1cc(N)nc(-c2c(Cl)c3c4c(nc(OC[C@@]56CCCN5C[C@H](F)C6)nc4c2F)N(C)CCC2(CC2)O3)c1C(F)(F)F. The molecule has 4 aliphatic rings. The van der Waals surface area contributed by atoms with Gasteiger partial charge in [0.2, 0.25) is 0 Å². The predicted molar refractivity (Wildman–Crippen MR) is 151 cm³/mol. The minimum absolute atomic E-state index is 0.00899. The van der Waals surface area contributed by atoms with Gasteiger partial charge in [-0.05, 0) is 50.8 Å². The number of pyridine rings is 1. The molecule has 8 nitrogen and oxygen atoms in total. The van der Waals surface area contributed by atoms with E-state index in [1.165, 1.54) is 6.92 Å². The first-order valence-corrected chi connectivity index (χ1v) is 14.7. The van der Waals surface area contributed by atoms with Gasteiger partial charge in [0, 0.05) is 33.0 Å². The monoisotopic (exact) mass is 624 g/mol. The van der Waals surface area contributed by atoms with Gasteiger partial charge in [0.25, 0.3) is 0 Å². The van der Waals surface area contributed by atoms with E-state index in [-0.39, 0.29) is 51.5 Å². The Morgan fingerprint density at radius 2 is 1.93 bits per heavy atom. The second-order valence-corrected chi connectivity index (χ2v) is 12.7. The van der Waals surface area contributed by atoms with Crippen molar-refractivity contribution in [3.05, 3.63) is 28.0 Å². The van der Waals surface area contributed by atoms with Gasteiger partial charge in [-0.25, -0.2) is 13.8 Å². The summed E-state index contributed by atoms with van der Waals surface area (Å²) in [5.74, 6) is -1.10. The molecule has 3 aliphatic heterocycles. The number of ether oxygens (including phenoxy) is 2. The van der Waals surface area contributed by atoms with Crippen LogP contribution < -0.4 is 20.1 Å². The number of aromatic nitrogens is 3. The molecular formula is C29H30ClF5N6O2. The van der Waals surface area contributed by atoms with E-state index < -0.39 is 46.1 Å². The zero-order valence-electron chi connectivity index (χ0n) is 23.6. The van der Waals surface area contributed by atoms with Crippen LogP contribution in [0.1, 0.15) is 49.7 Å². The fourth-order valence-electron chi connectivity index (χ4n) is 7.00. The number of hydrogen-bond donors (Lipinski definition) is 1. The Kier molecular flexibility index (Phi) is 6.41. The number of nitrogen functional groups attached to an aromatic ring is 1. The summed E-state index contributed by atoms with van der Waals surface area (Å²) in [4.78, 5) is 16.8. The normalized spacial score (nSPS) is 24.7. The number of rotatable bonds is 4. The number of fused-ring (bicyclic) bond motifs is 1. The topological polar surface area (TPSA) is 89.6 Å². The number of hydrogen-bond acceptors (Lipinski definition) is 8. The van der Waals surface area contributed by atoms with Crippen LogP contribution in [0.5, 0.6) is 11.8 Å². The Hall–Kier alpha value is -3.19. The van der Waals surface area contributed by atoms with Crippen LogP contribution in [-0.2, 0) is 6.18 Å². The van der Waals surface area contributed by atoms with Crippen LogP contribution in [0, 0.1) is 12.7 Å². The molecule has 0 radical (unpaired) electrons. The van der Waals surface area contributed by atoms with Crippen LogP contribution >= 0.6 is 11.6 Å². The van der Waals surface area contributed by atoms with Crippen molar-refractivity contribution in [3.8, 4) is 23.0 Å². The fraction of sp³-hybridized carbons (Fsp3) is 0.552. The third-order valence-corrected chi connectivity index (χ3v) is 9.68. The molecule has 0 amide bonds. The summed E-state index contributed by atoms with van der Waals surface area (Å²) >= 11 is 6.79. The van der Waals surface area contributed by atoms with Gasteiger partial charge >= 0.3 is 12.2 Å². The van der Waals surface area contributed by atoms with Gasteiger partial charge in [-0.1, -0.05) is 11.6 Å². The third-order valence-electron chi connectivity index (χ3n) is 9.32. The van der Waals surface area contributed by atoms with Gasteiger partial charge in [0.05, 0.1) is 32.8 Å². The molecule has 3 aromatic rings. The molecule has 2 atom stereocenters. The number of halogens is 6. The minimum Gasteiger partial charge on any atom is -0.485 e. The number of alkyl halides is 4. The van der Waals surface area contributed by atoms with Gasteiger partial charge in [0.1, 0.15) is 35.5 Å². The van der Waals surface area contributed by atoms with Crippen molar-refractivity contribution >= 4 is 34.1 Å². The first kappa shape index (κ1) is 28.6. The maximum Gasteiger partial charge on any atom is 0.418 e. The Morgan fingerprint density at radius 3 is 2.65 bits per heavy atom. The fourth-order valence-corrected chi connectivity index (χ4v) is 7.31. The highest BCUT2D eigenvalue weighted by molar-refractivity contribution is 6.36. The van der Waals surface area contributed by atoms with E-state index in [1.807, 2.05) is 4.90 Å². The molecule has 14 heteroatoms. The van der Waals surface area contributed by atoms with Crippen molar-refractivity contribution in [2.45, 2.75) is 68.9 Å². The highest BCUT2D eigenvalue weighted by Crippen LogP contribution is 2.54. The molecule has 2 saturated heterocycles. The zero-order valence-corrected chi connectivity index (χ0v) is 24.4. The Morgan fingerprint density at radius 1 is 1.16 bits per heavy atom. The van der Waals surface area contributed by atoms with Gasteiger partial charge in [-0.15, -0.1) is 0 Å². The van der Waals surface area contributed by atoms with E-state index in [0.29, 0.717) is 38.8 Å². The van der Waals surface area contributed by atoms with Crippen LogP contribution in [0.15, 0.2) is 6.07 Å². The minimum atomic E-state index is -4.89. The van der Waals surface area contributed by atoms with Crippen LogP contribution in [-0.4, -0.2) is 70.5 Å².